The number of ketones is 1. The highest BCUT2D eigenvalue weighted by Gasteiger charge is 2.38. The van der Waals surface area contributed by atoms with Crippen LogP contribution >= 0.6 is 0 Å². The van der Waals surface area contributed by atoms with Gasteiger partial charge in [-0.15, -0.1) is 0 Å². The van der Waals surface area contributed by atoms with E-state index in [0.717, 1.165) is 27.9 Å². The van der Waals surface area contributed by atoms with Crippen LogP contribution in [0, 0.1) is 6.92 Å². The minimum absolute atomic E-state index is 0.120. The van der Waals surface area contributed by atoms with Crippen molar-refractivity contribution in [1.82, 2.24) is 4.98 Å². The van der Waals surface area contributed by atoms with Gasteiger partial charge in [-0.3, -0.25) is 9.78 Å². The highest BCUT2D eigenvalue weighted by molar-refractivity contribution is 6.09. The molecule has 123 valence electrons. The second-order valence-electron chi connectivity index (χ2n) is 6.24. The zero-order valence-electron chi connectivity index (χ0n) is 13.9. The van der Waals surface area contributed by atoms with Crippen molar-refractivity contribution in [2.75, 3.05) is 5.32 Å². The first-order valence-corrected chi connectivity index (χ1v) is 8.46. The predicted octanol–water partition coefficient (Wildman–Crippen LogP) is 4.59. The highest BCUT2D eigenvalue weighted by atomic mass is 16.1. The Balaban J connectivity index is 1.89. The summed E-state index contributed by atoms with van der Waals surface area (Å²) in [4.78, 5) is 17.6. The Hall–Kier alpha value is -2.94. The zero-order valence-corrected chi connectivity index (χ0v) is 13.9. The largest absolute Gasteiger partial charge is 0.377 e. The van der Waals surface area contributed by atoms with Crippen LogP contribution in [0.2, 0.25) is 0 Å². The van der Waals surface area contributed by atoms with E-state index in [1.165, 1.54) is 0 Å². The summed E-state index contributed by atoms with van der Waals surface area (Å²) in [5.74, 6) is -0.121. The van der Waals surface area contributed by atoms with Gasteiger partial charge in [-0.1, -0.05) is 42.5 Å². The van der Waals surface area contributed by atoms with E-state index in [2.05, 4.69) is 17.2 Å². The third-order valence-electron chi connectivity index (χ3n) is 4.82. The number of anilines is 1. The van der Waals surface area contributed by atoms with Gasteiger partial charge in [-0.05, 0) is 48.2 Å². The lowest BCUT2D eigenvalue weighted by molar-refractivity contribution is 0.0944. The fourth-order valence-corrected chi connectivity index (χ4v) is 3.63. The Kier molecular flexibility index (Phi) is 4.06. The van der Waals surface area contributed by atoms with Gasteiger partial charge in [0.15, 0.2) is 5.78 Å². The third kappa shape index (κ3) is 2.72. The monoisotopic (exact) mass is 327 g/mol. The van der Waals surface area contributed by atoms with Crippen molar-refractivity contribution >= 4 is 11.5 Å². The van der Waals surface area contributed by atoms with Gasteiger partial charge in [0.2, 0.25) is 0 Å². The molecule has 1 aromatic heterocycles. The number of Topliss-reactive ketones (excluding diaryl/α,β-unsaturated/α-hetero) is 1. The van der Waals surface area contributed by atoms with Crippen molar-refractivity contribution in [2.24, 2.45) is 0 Å². The molecule has 1 aliphatic heterocycles. The minimum Gasteiger partial charge on any atom is -0.377 e. The first-order chi connectivity index (χ1) is 12.3. The highest BCUT2D eigenvalue weighted by Crippen LogP contribution is 2.43. The van der Waals surface area contributed by atoms with E-state index < -0.39 is 0 Å². The maximum atomic E-state index is 13.5. The number of hydrogen-bond donors (Lipinski definition) is 1. The van der Waals surface area contributed by atoms with E-state index in [0.29, 0.717) is 6.42 Å². The number of fused-ring (bicyclic) bond motifs is 1. The van der Waals surface area contributed by atoms with Crippen molar-refractivity contribution in [3.05, 3.63) is 102 Å². The summed E-state index contributed by atoms with van der Waals surface area (Å²) in [5, 5.41) is 3.59. The van der Waals surface area contributed by atoms with Crippen LogP contribution in [0.1, 0.15) is 39.0 Å². The molecule has 3 heteroatoms. The molecule has 0 fully saturated rings. The molecule has 2 aromatic carbocycles. The number of carbonyl (C=O) groups is 1. The number of carbonyl (C=O) groups excluding carboxylic acids is 1. The van der Waals surface area contributed by atoms with Crippen LogP contribution in [0.15, 0.2) is 73.1 Å². The van der Waals surface area contributed by atoms with Crippen LogP contribution in [-0.4, -0.2) is 10.8 Å². The van der Waals surface area contributed by atoms with E-state index in [1.807, 2.05) is 60.7 Å². The Labute approximate surface area is 147 Å². The summed E-state index contributed by atoms with van der Waals surface area (Å²) in [6.45, 7) is 3.99. The summed E-state index contributed by atoms with van der Waals surface area (Å²) < 4.78 is 0. The van der Waals surface area contributed by atoms with Crippen LogP contribution in [-0.2, 0) is 6.42 Å². The maximum Gasteiger partial charge on any atom is 0.175 e. The maximum absolute atomic E-state index is 13.5. The van der Waals surface area contributed by atoms with Crippen LogP contribution in [0.5, 0.6) is 0 Å². The average Bonchev–Trinajstić information content (AvgIpc) is 2.68. The van der Waals surface area contributed by atoms with Gasteiger partial charge in [0, 0.05) is 23.6 Å². The second-order valence-corrected chi connectivity index (χ2v) is 6.24. The van der Waals surface area contributed by atoms with E-state index in [-0.39, 0.29) is 17.7 Å². The minimum atomic E-state index is -0.274. The Bertz CT molecular complexity index is 890. The van der Waals surface area contributed by atoms with Crippen LogP contribution in [0.4, 0.5) is 5.69 Å². The van der Waals surface area contributed by atoms with Gasteiger partial charge < -0.3 is 5.32 Å². The van der Waals surface area contributed by atoms with Crippen molar-refractivity contribution < 1.29 is 4.79 Å². The molecular weight excluding hydrogens is 308 g/mol. The molecule has 1 aliphatic rings. The van der Waals surface area contributed by atoms with Gasteiger partial charge in [0.25, 0.3) is 0 Å². The molecule has 0 saturated carbocycles. The van der Waals surface area contributed by atoms with E-state index in [4.69, 9.17) is 0 Å². The molecule has 0 spiro atoms. The summed E-state index contributed by atoms with van der Waals surface area (Å²) in [7, 11) is 0. The van der Waals surface area contributed by atoms with Crippen LogP contribution in [0.25, 0.3) is 0 Å². The van der Waals surface area contributed by atoms with Gasteiger partial charge in [0.1, 0.15) is 0 Å². The number of aromatic nitrogens is 1. The van der Waals surface area contributed by atoms with Crippen molar-refractivity contribution in [3.8, 4) is 0 Å². The molecule has 1 radical (unpaired) electrons. The lowest BCUT2D eigenvalue weighted by atomic mass is 9.77. The first kappa shape index (κ1) is 15.6. The zero-order chi connectivity index (χ0) is 17.2. The van der Waals surface area contributed by atoms with E-state index >= 15 is 0 Å². The van der Waals surface area contributed by atoms with Crippen molar-refractivity contribution in [2.45, 2.75) is 18.4 Å². The van der Waals surface area contributed by atoms with Crippen molar-refractivity contribution in [3.63, 3.8) is 0 Å². The Morgan fingerprint density at radius 3 is 2.40 bits per heavy atom. The van der Waals surface area contributed by atoms with E-state index in [9.17, 15) is 4.79 Å². The number of benzene rings is 2. The molecule has 0 amide bonds. The molecule has 2 heterocycles. The summed E-state index contributed by atoms with van der Waals surface area (Å²) in [6, 6.07) is 19.7. The molecule has 4 rings (SSSR count). The number of rotatable bonds is 3. The molecule has 2 unspecified atom stereocenters. The normalized spacial score (nSPS) is 19.2. The standard InChI is InChI=1S/C22H19N2O/c1-2-15-9-6-10-18-19(15)22(25)20(16-7-4-3-5-8-16)21(24-18)17-11-13-23-14-12-17/h3-14,20-21,24H,1-2H2. The van der Waals surface area contributed by atoms with Gasteiger partial charge in [-0.2, -0.15) is 0 Å². The molecule has 0 aliphatic carbocycles. The summed E-state index contributed by atoms with van der Waals surface area (Å²) >= 11 is 0. The molecule has 3 aromatic rings. The molecule has 0 bridgehead atoms. The van der Waals surface area contributed by atoms with Gasteiger partial charge in [-0.25, -0.2) is 0 Å². The number of nitrogens with one attached hydrogen (secondary N) is 1. The molecule has 3 nitrogen and oxygen atoms in total. The number of pyridine rings is 1. The number of hydrogen-bond acceptors (Lipinski definition) is 3. The van der Waals surface area contributed by atoms with Crippen molar-refractivity contribution in [1.29, 1.82) is 0 Å². The van der Waals surface area contributed by atoms with Gasteiger partial charge >= 0.3 is 0 Å². The molecular formula is C22H19N2O. The Morgan fingerprint density at radius 1 is 0.920 bits per heavy atom. The lowest BCUT2D eigenvalue weighted by Gasteiger charge is -2.35. The SMILES string of the molecule is [CH2]Cc1cccc2c1C(=O)C(c1ccccc1)C(c1ccncc1)N2. The average molecular weight is 327 g/mol. The van der Waals surface area contributed by atoms with Crippen LogP contribution < -0.4 is 5.32 Å². The fourth-order valence-electron chi connectivity index (χ4n) is 3.63. The molecule has 0 saturated heterocycles. The third-order valence-corrected chi connectivity index (χ3v) is 4.82. The second kappa shape index (κ2) is 6.52. The quantitative estimate of drug-likeness (QED) is 0.765. The topological polar surface area (TPSA) is 42.0 Å². The van der Waals surface area contributed by atoms with E-state index in [1.54, 1.807) is 12.4 Å². The smallest absolute Gasteiger partial charge is 0.175 e. The summed E-state index contributed by atoms with van der Waals surface area (Å²) in [6.07, 6.45) is 4.13. The van der Waals surface area contributed by atoms with Gasteiger partial charge in [0.05, 0.1) is 12.0 Å². The molecule has 1 N–H and O–H groups in total. The Morgan fingerprint density at radius 2 is 1.68 bits per heavy atom. The van der Waals surface area contributed by atoms with Crippen LogP contribution in [0.3, 0.4) is 0 Å². The molecule has 2 atom stereocenters. The summed E-state index contributed by atoms with van der Waals surface area (Å²) in [5.41, 5.74) is 4.73. The predicted molar refractivity (Wildman–Crippen MR) is 99.6 cm³/mol. The first-order valence-electron chi connectivity index (χ1n) is 8.46. The fraction of sp³-hybridized carbons (Fsp3) is 0.136. The number of nitrogens with zero attached hydrogens (tertiary/aromatic N) is 1. The lowest BCUT2D eigenvalue weighted by Crippen LogP contribution is -2.32. The molecule has 25 heavy (non-hydrogen) atoms.